The first-order chi connectivity index (χ1) is 18.6. The van der Waals surface area contributed by atoms with E-state index in [1.165, 1.54) is 13.2 Å². The molecule has 1 atom stereocenters. The fourth-order valence-corrected chi connectivity index (χ4v) is 6.67. The topological polar surface area (TPSA) is 118 Å². The fourth-order valence-electron chi connectivity index (χ4n) is 4.67. The fraction of sp³-hybridized carbons (Fsp3) is 0.179. The Morgan fingerprint density at radius 3 is 2.36 bits per heavy atom. The van der Waals surface area contributed by atoms with Gasteiger partial charge in [-0.1, -0.05) is 35.3 Å². The number of hydrogen-bond donors (Lipinski definition) is 0. The first-order valence-electron chi connectivity index (χ1n) is 11.8. The lowest BCUT2D eigenvalue weighted by atomic mass is 9.87. The number of benzene rings is 2. The third kappa shape index (κ3) is 5.11. The average molecular weight is 583 g/mol. The van der Waals surface area contributed by atoms with Crippen LogP contribution in [0.2, 0.25) is 10.0 Å². The molecule has 0 spiro atoms. The minimum Gasteiger partial charge on any atom is -0.497 e. The number of rotatable bonds is 5. The molecule has 1 unspecified atom stereocenters. The molecule has 1 fully saturated rings. The van der Waals surface area contributed by atoms with Crippen LogP contribution < -0.4 is 4.74 Å². The highest BCUT2D eigenvalue weighted by atomic mass is 35.5. The Balaban J connectivity index is 1.65. The molecule has 0 radical (unpaired) electrons. The minimum absolute atomic E-state index is 0.0238. The maximum Gasteiger partial charge on any atom is 0.272 e. The molecule has 2 amide bonds. The predicted molar refractivity (Wildman–Crippen MR) is 147 cm³/mol. The Morgan fingerprint density at radius 1 is 1.03 bits per heavy atom. The third-order valence-electron chi connectivity index (χ3n) is 6.58. The number of furan rings is 1. The third-order valence-corrected chi connectivity index (χ3v) is 9.07. The van der Waals surface area contributed by atoms with Gasteiger partial charge in [0.1, 0.15) is 28.9 Å². The maximum absolute atomic E-state index is 13.9. The van der Waals surface area contributed by atoms with Gasteiger partial charge in [0, 0.05) is 11.1 Å². The van der Waals surface area contributed by atoms with Gasteiger partial charge in [-0.2, -0.15) is 5.26 Å². The van der Waals surface area contributed by atoms with Crippen molar-refractivity contribution in [2.24, 2.45) is 0 Å². The molecule has 11 heteroatoms. The second-order valence-electron chi connectivity index (χ2n) is 9.02. The van der Waals surface area contributed by atoms with E-state index in [1.807, 2.05) is 6.07 Å². The molecule has 1 saturated heterocycles. The number of carbonyl (C=O) groups excluding carboxylic acids is 2. The first kappa shape index (κ1) is 26.8. The van der Waals surface area contributed by atoms with Crippen LogP contribution in [0.5, 0.6) is 5.75 Å². The number of sulfone groups is 1. The van der Waals surface area contributed by atoms with E-state index >= 15 is 0 Å². The van der Waals surface area contributed by atoms with Crippen molar-refractivity contribution in [3.05, 3.63) is 87.1 Å². The number of ether oxygens (including phenoxy) is 1. The maximum atomic E-state index is 13.9. The van der Waals surface area contributed by atoms with Gasteiger partial charge < -0.3 is 9.15 Å². The van der Waals surface area contributed by atoms with Gasteiger partial charge in [0.05, 0.1) is 40.3 Å². The van der Waals surface area contributed by atoms with Gasteiger partial charge in [-0.3, -0.25) is 14.5 Å². The van der Waals surface area contributed by atoms with E-state index in [4.69, 9.17) is 32.4 Å². The number of nitrogens with zero attached hydrogens (tertiary/aromatic N) is 2. The molecule has 3 aromatic rings. The van der Waals surface area contributed by atoms with E-state index in [-0.39, 0.29) is 40.4 Å². The quantitative estimate of drug-likeness (QED) is 0.300. The normalized spacial score (nSPS) is 20.0. The van der Waals surface area contributed by atoms with E-state index in [0.717, 1.165) is 4.90 Å². The Kier molecular flexibility index (Phi) is 7.12. The van der Waals surface area contributed by atoms with E-state index in [2.05, 4.69) is 0 Å². The lowest BCUT2D eigenvalue weighted by Gasteiger charge is -2.32. The highest BCUT2D eigenvalue weighted by Gasteiger charge is 2.45. The van der Waals surface area contributed by atoms with Crippen molar-refractivity contribution in [2.45, 2.75) is 12.5 Å². The summed E-state index contributed by atoms with van der Waals surface area (Å²) in [5.74, 6) is -0.758. The van der Waals surface area contributed by atoms with Crippen molar-refractivity contribution in [1.29, 1.82) is 5.26 Å². The van der Waals surface area contributed by atoms with Crippen molar-refractivity contribution < 1.29 is 27.2 Å². The second kappa shape index (κ2) is 10.4. The average Bonchev–Trinajstić information content (AvgIpc) is 3.53. The van der Waals surface area contributed by atoms with Crippen LogP contribution in [0.3, 0.4) is 0 Å². The van der Waals surface area contributed by atoms with Gasteiger partial charge in [-0.25, -0.2) is 8.42 Å². The highest BCUT2D eigenvalue weighted by Crippen LogP contribution is 2.38. The molecule has 2 aliphatic rings. The molecule has 3 heterocycles. The number of hydrogen-bond acceptors (Lipinski definition) is 7. The SMILES string of the molecule is COc1ccc(C2=C(C#N)C(=O)N(C3CCS(=O)(=O)C3)C(=O)/C2=C\c2ccc(-c3ccc(Cl)c(Cl)c3)o2)cc1. The highest BCUT2D eigenvalue weighted by molar-refractivity contribution is 7.91. The minimum atomic E-state index is -3.42. The van der Waals surface area contributed by atoms with Crippen LogP contribution in [0.15, 0.2) is 70.2 Å². The molecule has 0 bridgehead atoms. The number of imide groups is 1. The standard InChI is InChI=1S/C28H20Cl2N2O6S/c1-37-19-5-2-16(3-6-19)26-21(13-20-7-9-25(38-20)17-4-8-23(29)24(30)12-17)27(33)32(28(34)22(26)14-31)18-10-11-39(35,36)15-18/h2-9,12-13,18H,10-11,15H2,1H3/b21-13-. The lowest BCUT2D eigenvalue weighted by Crippen LogP contribution is -2.49. The van der Waals surface area contributed by atoms with Crippen molar-refractivity contribution in [2.75, 3.05) is 18.6 Å². The molecule has 1 aromatic heterocycles. The molecule has 2 aromatic carbocycles. The van der Waals surface area contributed by atoms with Crippen LogP contribution in [0.25, 0.3) is 23.0 Å². The Bertz CT molecular complexity index is 1710. The molecule has 0 saturated carbocycles. The molecule has 198 valence electrons. The van der Waals surface area contributed by atoms with Gasteiger partial charge in [0.15, 0.2) is 9.84 Å². The Labute approximate surface area is 234 Å². The summed E-state index contributed by atoms with van der Waals surface area (Å²) in [4.78, 5) is 28.2. The molecule has 5 rings (SSSR count). The molecule has 0 aliphatic carbocycles. The van der Waals surface area contributed by atoms with Crippen molar-refractivity contribution >= 4 is 56.5 Å². The van der Waals surface area contributed by atoms with Crippen molar-refractivity contribution in [3.8, 4) is 23.1 Å². The zero-order valence-corrected chi connectivity index (χ0v) is 22.8. The monoisotopic (exact) mass is 582 g/mol. The smallest absolute Gasteiger partial charge is 0.272 e. The summed E-state index contributed by atoms with van der Waals surface area (Å²) in [7, 11) is -1.91. The molecular formula is C28H20Cl2N2O6S. The molecule has 39 heavy (non-hydrogen) atoms. The summed E-state index contributed by atoms with van der Waals surface area (Å²) in [5, 5.41) is 10.8. The van der Waals surface area contributed by atoms with Gasteiger partial charge in [0.2, 0.25) is 0 Å². The summed E-state index contributed by atoms with van der Waals surface area (Å²) in [5.41, 5.74) is 0.970. The van der Waals surface area contributed by atoms with Crippen LogP contribution in [-0.2, 0) is 19.4 Å². The van der Waals surface area contributed by atoms with Crippen LogP contribution >= 0.6 is 23.2 Å². The number of nitriles is 1. The molecule has 0 N–H and O–H groups in total. The second-order valence-corrected chi connectivity index (χ2v) is 12.1. The first-order valence-corrected chi connectivity index (χ1v) is 14.3. The number of carbonyl (C=O) groups is 2. The Hall–Kier alpha value is -3.84. The number of halogens is 2. The van der Waals surface area contributed by atoms with E-state index in [1.54, 1.807) is 54.6 Å². The number of methoxy groups -OCH3 is 1. The largest absolute Gasteiger partial charge is 0.497 e. The summed E-state index contributed by atoms with van der Waals surface area (Å²) in [6.07, 6.45) is 1.55. The summed E-state index contributed by atoms with van der Waals surface area (Å²) >= 11 is 12.2. The predicted octanol–water partition coefficient (Wildman–Crippen LogP) is 5.18. The molecular weight excluding hydrogens is 563 g/mol. The van der Waals surface area contributed by atoms with E-state index in [9.17, 15) is 23.3 Å². The molecule has 2 aliphatic heterocycles. The lowest BCUT2D eigenvalue weighted by molar-refractivity contribution is -0.142. The number of amides is 2. The van der Waals surface area contributed by atoms with Crippen LogP contribution in [-0.4, -0.2) is 49.8 Å². The summed E-state index contributed by atoms with van der Waals surface area (Å²) in [6, 6.07) is 16.0. The Morgan fingerprint density at radius 2 is 1.74 bits per heavy atom. The van der Waals surface area contributed by atoms with Crippen LogP contribution in [0.4, 0.5) is 0 Å². The van der Waals surface area contributed by atoms with E-state index in [0.29, 0.717) is 32.7 Å². The van der Waals surface area contributed by atoms with Gasteiger partial charge in [0.25, 0.3) is 11.8 Å². The van der Waals surface area contributed by atoms with Crippen LogP contribution in [0, 0.1) is 11.3 Å². The molecule has 8 nitrogen and oxygen atoms in total. The van der Waals surface area contributed by atoms with Gasteiger partial charge >= 0.3 is 0 Å². The van der Waals surface area contributed by atoms with Gasteiger partial charge in [-0.15, -0.1) is 0 Å². The van der Waals surface area contributed by atoms with Crippen LogP contribution in [0.1, 0.15) is 17.7 Å². The zero-order valence-electron chi connectivity index (χ0n) is 20.5. The van der Waals surface area contributed by atoms with Gasteiger partial charge in [-0.05, 0) is 60.5 Å². The summed E-state index contributed by atoms with van der Waals surface area (Å²) in [6.45, 7) is 0. The zero-order chi connectivity index (χ0) is 27.9. The van der Waals surface area contributed by atoms with Crippen molar-refractivity contribution in [3.63, 3.8) is 0 Å². The van der Waals surface area contributed by atoms with Crippen molar-refractivity contribution in [1.82, 2.24) is 4.90 Å². The summed E-state index contributed by atoms with van der Waals surface area (Å²) < 4.78 is 35.5. The van der Waals surface area contributed by atoms with E-state index < -0.39 is 27.7 Å².